The second-order valence-corrected chi connectivity index (χ2v) is 7.97. The maximum Gasteiger partial charge on any atom is 0.405 e. The Morgan fingerprint density at radius 1 is 1.27 bits per heavy atom. The van der Waals surface area contributed by atoms with Crippen LogP contribution < -0.4 is 5.73 Å². The van der Waals surface area contributed by atoms with Crippen molar-refractivity contribution in [3.63, 3.8) is 0 Å². The van der Waals surface area contributed by atoms with Crippen molar-refractivity contribution >= 4 is 6.09 Å². The Morgan fingerprint density at radius 3 is 2.46 bits per heavy atom. The van der Waals surface area contributed by atoms with E-state index >= 15 is 0 Å². The molecule has 1 aromatic carbocycles. The van der Waals surface area contributed by atoms with Crippen molar-refractivity contribution in [3.05, 3.63) is 35.4 Å². The fraction of sp³-hybridized carbons (Fsp3) is 0.667. The van der Waals surface area contributed by atoms with Crippen LogP contribution in [0.4, 0.5) is 4.79 Å². The second-order valence-electron chi connectivity index (χ2n) is 7.97. The summed E-state index contributed by atoms with van der Waals surface area (Å²) in [5.41, 5.74) is 6.88. The molecule has 5 nitrogen and oxygen atoms in total. The lowest BCUT2D eigenvalue weighted by molar-refractivity contribution is -0.0418. The Hall–Kier alpha value is -1.59. The highest BCUT2D eigenvalue weighted by atomic mass is 16.6. The number of benzene rings is 1. The molecule has 2 atom stereocenters. The highest BCUT2D eigenvalue weighted by Crippen LogP contribution is 2.35. The molecule has 26 heavy (non-hydrogen) atoms. The number of aliphatic hydroxyl groups is 1. The molecule has 0 fully saturated rings. The number of rotatable bonds is 11. The molecule has 0 spiro atoms. The van der Waals surface area contributed by atoms with Crippen molar-refractivity contribution in [2.24, 2.45) is 23.5 Å². The van der Waals surface area contributed by atoms with E-state index < -0.39 is 11.7 Å². The topological polar surface area (TPSA) is 81.8 Å². The molecule has 0 radical (unpaired) electrons. The minimum atomic E-state index is -0.755. The van der Waals surface area contributed by atoms with Crippen LogP contribution in [0.2, 0.25) is 0 Å². The number of carbonyl (C=O) groups is 1. The van der Waals surface area contributed by atoms with E-state index in [9.17, 15) is 9.90 Å². The van der Waals surface area contributed by atoms with Gasteiger partial charge in [0.15, 0.2) is 0 Å². The monoisotopic (exact) mass is 365 g/mol. The fourth-order valence-electron chi connectivity index (χ4n) is 3.78. The van der Waals surface area contributed by atoms with Gasteiger partial charge in [-0.1, -0.05) is 38.1 Å². The van der Waals surface area contributed by atoms with E-state index in [0.29, 0.717) is 18.9 Å². The minimum absolute atomic E-state index is 0.0572. The summed E-state index contributed by atoms with van der Waals surface area (Å²) in [6.45, 7) is 8.94. The van der Waals surface area contributed by atoms with Crippen molar-refractivity contribution < 1.29 is 19.4 Å². The van der Waals surface area contributed by atoms with Crippen LogP contribution in [-0.2, 0) is 22.3 Å². The van der Waals surface area contributed by atoms with Gasteiger partial charge in [0.05, 0.1) is 0 Å². The molecule has 1 rings (SSSR count). The zero-order valence-electron chi connectivity index (χ0n) is 16.8. The lowest BCUT2D eigenvalue weighted by atomic mass is 9.73. The number of nitrogens with two attached hydrogens (primary N) is 1. The summed E-state index contributed by atoms with van der Waals surface area (Å²) in [5.74, 6) is 0.792. The van der Waals surface area contributed by atoms with E-state index in [0.717, 1.165) is 24.0 Å². The SMILES string of the molecule is COC[C@@H](CC(C)C)C(Cc1cccc(CCO)c1)C(C)(C)OC(N)=O. The van der Waals surface area contributed by atoms with Crippen LogP contribution >= 0.6 is 0 Å². The van der Waals surface area contributed by atoms with Gasteiger partial charge in [-0.3, -0.25) is 0 Å². The van der Waals surface area contributed by atoms with E-state index in [2.05, 4.69) is 26.0 Å². The summed E-state index contributed by atoms with van der Waals surface area (Å²) < 4.78 is 11.0. The van der Waals surface area contributed by atoms with Gasteiger partial charge in [-0.2, -0.15) is 0 Å². The molecule has 1 unspecified atom stereocenters. The Bertz CT molecular complexity index is 557. The van der Waals surface area contributed by atoms with Crippen LogP contribution in [0.3, 0.4) is 0 Å². The first-order valence-electron chi connectivity index (χ1n) is 9.35. The highest BCUT2D eigenvalue weighted by molar-refractivity contribution is 5.65. The van der Waals surface area contributed by atoms with Gasteiger partial charge in [-0.05, 0) is 56.1 Å². The number of ether oxygens (including phenoxy) is 2. The molecule has 0 saturated heterocycles. The van der Waals surface area contributed by atoms with E-state index in [1.165, 1.54) is 0 Å². The number of primary amides is 1. The average Bonchev–Trinajstić information content (AvgIpc) is 2.51. The van der Waals surface area contributed by atoms with Crippen molar-refractivity contribution in [1.29, 1.82) is 0 Å². The van der Waals surface area contributed by atoms with Gasteiger partial charge in [0, 0.05) is 26.2 Å². The minimum Gasteiger partial charge on any atom is -0.443 e. The Balaban J connectivity index is 3.16. The van der Waals surface area contributed by atoms with Crippen LogP contribution in [0, 0.1) is 17.8 Å². The van der Waals surface area contributed by atoms with Gasteiger partial charge >= 0.3 is 6.09 Å². The van der Waals surface area contributed by atoms with Crippen molar-refractivity contribution in [1.82, 2.24) is 0 Å². The highest BCUT2D eigenvalue weighted by Gasteiger charge is 2.38. The molecule has 0 heterocycles. The maximum absolute atomic E-state index is 11.5. The fourth-order valence-corrected chi connectivity index (χ4v) is 3.78. The smallest absolute Gasteiger partial charge is 0.405 e. The second kappa shape index (κ2) is 10.5. The van der Waals surface area contributed by atoms with Crippen molar-refractivity contribution in [2.75, 3.05) is 20.3 Å². The van der Waals surface area contributed by atoms with Crippen molar-refractivity contribution in [3.8, 4) is 0 Å². The average molecular weight is 366 g/mol. The van der Waals surface area contributed by atoms with Crippen LogP contribution in [0.25, 0.3) is 0 Å². The van der Waals surface area contributed by atoms with Gasteiger partial charge in [0.1, 0.15) is 5.60 Å². The van der Waals surface area contributed by atoms with Gasteiger partial charge in [0.2, 0.25) is 0 Å². The first kappa shape index (κ1) is 22.5. The quantitative estimate of drug-likeness (QED) is 0.628. The third-order valence-electron chi connectivity index (χ3n) is 4.83. The Morgan fingerprint density at radius 2 is 1.92 bits per heavy atom. The summed E-state index contributed by atoms with van der Waals surface area (Å²) in [5, 5.41) is 9.19. The summed E-state index contributed by atoms with van der Waals surface area (Å²) in [4.78, 5) is 11.5. The summed E-state index contributed by atoms with van der Waals surface area (Å²) in [6, 6.07) is 8.21. The van der Waals surface area contributed by atoms with Crippen LogP contribution in [0.15, 0.2) is 24.3 Å². The van der Waals surface area contributed by atoms with Crippen LogP contribution in [0.1, 0.15) is 45.2 Å². The lowest BCUT2D eigenvalue weighted by Crippen LogP contribution is -2.44. The van der Waals surface area contributed by atoms with E-state index in [-0.39, 0.29) is 18.4 Å². The number of hydrogen-bond acceptors (Lipinski definition) is 4. The zero-order chi connectivity index (χ0) is 19.7. The zero-order valence-corrected chi connectivity index (χ0v) is 16.8. The first-order chi connectivity index (χ1) is 12.2. The molecule has 3 N–H and O–H groups in total. The predicted octanol–water partition coefficient (Wildman–Crippen LogP) is 3.56. The summed E-state index contributed by atoms with van der Waals surface area (Å²) in [6.07, 6.45) is 1.60. The molecule has 1 amide bonds. The van der Waals surface area contributed by atoms with E-state index in [1.807, 2.05) is 26.0 Å². The molecule has 0 aliphatic carbocycles. The van der Waals surface area contributed by atoms with Gasteiger partial charge < -0.3 is 20.3 Å². The van der Waals surface area contributed by atoms with Gasteiger partial charge in [0.25, 0.3) is 0 Å². The number of methoxy groups -OCH3 is 1. The Kier molecular flexibility index (Phi) is 9.09. The lowest BCUT2D eigenvalue weighted by Gasteiger charge is -2.39. The molecule has 5 heteroatoms. The standard InChI is InChI=1S/C21H35NO4/c1-15(2)11-18(14-25-5)19(21(3,4)26-20(22)24)13-17-8-6-7-16(12-17)9-10-23/h6-8,12,15,18-19,23H,9-11,13-14H2,1-5H3,(H2,22,24)/t18-,19?/m1/s1. The number of carbonyl (C=O) groups excluding carboxylic acids is 1. The third-order valence-corrected chi connectivity index (χ3v) is 4.83. The molecule has 0 bridgehead atoms. The third kappa shape index (κ3) is 7.34. The molecule has 0 aliphatic rings. The molecule has 0 aliphatic heterocycles. The van der Waals surface area contributed by atoms with Crippen LogP contribution in [0.5, 0.6) is 0 Å². The summed E-state index contributed by atoms with van der Waals surface area (Å²) in [7, 11) is 1.70. The normalized spacial score (nSPS) is 14.3. The Labute approximate surface area is 157 Å². The molecule has 1 aromatic rings. The van der Waals surface area contributed by atoms with E-state index in [1.54, 1.807) is 7.11 Å². The first-order valence-corrected chi connectivity index (χ1v) is 9.35. The molecule has 148 valence electrons. The number of aliphatic hydroxyl groups excluding tert-OH is 1. The molecular formula is C21H35NO4. The van der Waals surface area contributed by atoms with E-state index in [4.69, 9.17) is 15.2 Å². The summed E-state index contributed by atoms with van der Waals surface area (Å²) >= 11 is 0. The predicted molar refractivity (Wildman–Crippen MR) is 104 cm³/mol. The number of hydrogen-bond donors (Lipinski definition) is 2. The largest absolute Gasteiger partial charge is 0.443 e. The maximum atomic E-state index is 11.5. The number of amides is 1. The molecule has 0 aromatic heterocycles. The van der Waals surface area contributed by atoms with Crippen LogP contribution in [-0.4, -0.2) is 37.1 Å². The van der Waals surface area contributed by atoms with Gasteiger partial charge in [-0.15, -0.1) is 0 Å². The van der Waals surface area contributed by atoms with Crippen molar-refractivity contribution in [2.45, 2.75) is 52.6 Å². The molecular weight excluding hydrogens is 330 g/mol. The molecule has 0 saturated carbocycles. The van der Waals surface area contributed by atoms with Gasteiger partial charge in [-0.25, -0.2) is 4.79 Å².